The van der Waals surface area contributed by atoms with Gasteiger partial charge < -0.3 is 20.4 Å². The highest BCUT2D eigenvalue weighted by atomic mass is 16.5. The van der Waals surface area contributed by atoms with Crippen LogP contribution in [0.25, 0.3) is 22.6 Å². The molecule has 1 aromatic heterocycles. The third-order valence-corrected chi connectivity index (χ3v) is 7.07. The van der Waals surface area contributed by atoms with E-state index in [0.717, 1.165) is 66.9 Å². The van der Waals surface area contributed by atoms with Gasteiger partial charge in [-0.15, -0.1) is 0 Å². The number of nitrogens with one attached hydrogen (secondary N) is 1. The molecule has 1 atom stereocenters. The van der Waals surface area contributed by atoms with Gasteiger partial charge in [0.05, 0.1) is 24.1 Å². The molecule has 0 aliphatic heterocycles. The Hall–Kier alpha value is -3.90. The zero-order chi connectivity index (χ0) is 27.6. The van der Waals surface area contributed by atoms with Crippen LogP contribution in [0.15, 0.2) is 78.9 Å². The molecule has 4 rings (SSSR count). The van der Waals surface area contributed by atoms with Crippen LogP contribution in [-0.4, -0.2) is 22.6 Å². The Bertz CT molecular complexity index is 1350. The number of imidazole rings is 1. The fourth-order valence-electron chi connectivity index (χ4n) is 4.98. The van der Waals surface area contributed by atoms with Crippen molar-refractivity contribution in [2.24, 2.45) is 0 Å². The fraction of sp³-hybridized carbons (Fsp3) is 0.333. The first-order valence-electron chi connectivity index (χ1n) is 14.0. The molecule has 3 aromatic carbocycles. The normalized spacial score (nSPS) is 11.9. The number of methoxy groups -OCH3 is 1. The van der Waals surface area contributed by atoms with Crippen molar-refractivity contribution in [3.05, 3.63) is 95.7 Å². The molecule has 0 bridgehead atoms. The standard InChI is InChI=1S/C33H40N4O2/c1-4-6-18-29(35-23-24-19-20-27(28(34)22-24)33(38)39-3)31-30(25-14-10-8-11-15-25)36-32(37(31)21-7-5-2)26-16-12-9-13-17-26/h8-17,19-20,22,29,35H,4-7,18,21,23,34H2,1-3H3. The van der Waals surface area contributed by atoms with Crippen molar-refractivity contribution in [1.29, 1.82) is 0 Å². The van der Waals surface area contributed by atoms with Crippen LogP contribution in [-0.2, 0) is 17.8 Å². The van der Waals surface area contributed by atoms with Gasteiger partial charge in [0.15, 0.2) is 0 Å². The number of carbonyl (C=O) groups excluding carboxylic acids is 1. The average molecular weight is 525 g/mol. The summed E-state index contributed by atoms with van der Waals surface area (Å²) in [6.07, 6.45) is 5.36. The lowest BCUT2D eigenvalue weighted by molar-refractivity contribution is 0.0602. The smallest absolute Gasteiger partial charge is 0.339 e. The number of benzene rings is 3. The lowest BCUT2D eigenvalue weighted by Gasteiger charge is -2.23. The van der Waals surface area contributed by atoms with E-state index < -0.39 is 5.97 Å². The van der Waals surface area contributed by atoms with Gasteiger partial charge in [-0.05, 0) is 30.5 Å². The highest BCUT2D eigenvalue weighted by Gasteiger charge is 2.26. The minimum Gasteiger partial charge on any atom is -0.465 e. The summed E-state index contributed by atoms with van der Waals surface area (Å²) in [5, 5.41) is 3.84. The number of esters is 1. The van der Waals surface area contributed by atoms with Crippen molar-refractivity contribution < 1.29 is 9.53 Å². The van der Waals surface area contributed by atoms with Crippen molar-refractivity contribution in [3.8, 4) is 22.6 Å². The first-order valence-corrected chi connectivity index (χ1v) is 14.0. The summed E-state index contributed by atoms with van der Waals surface area (Å²) in [7, 11) is 1.37. The van der Waals surface area contributed by atoms with Crippen LogP contribution in [0.1, 0.15) is 73.6 Å². The third-order valence-electron chi connectivity index (χ3n) is 7.07. The van der Waals surface area contributed by atoms with Gasteiger partial charge in [0.25, 0.3) is 0 Å². The topological polar surface area (TPSA) is 82.2 Å². The van der Waals surface area contributed by atoms with Gasteiger partial charge in [-0.3, -0.25) is 0 Å². The SMILES string of the molecule is CCCCC(NCc1ccc(C(=O)OC)c(N)c1)c1c(-c2ccccc2)nc(-c2ccccc2)n1CCCC. The molecule has 0 amide bonds. The van der Waals surface area contributed by atoms with E-state index in [9.17, 15) is 4.79 Å². The minimum atomic E-state index is -0.423. The molecule has 4 aromatic rings. The predicted molar refractivity (Wildman–Crippen MR) is 159 cm³/mol. The molecular weight excluding hydrogens is 484 g/mol. The fourth-order valence-corrected chi connectivity index (χ4v) is 4.98. The largest absolute Gasteiger partial charge is 0.465 e. The van der Waals surface area contributed by atoms with Crippen LogP contribution < -0.4 is 11.1 Å². The summed E-state index contributed by atoms with van der Waals surface area (Å²) in [6, 6.07) is 26.6. The number of aromatic nitrogens is 2. The summed E-state index contributed by atoms with van der Waals surface area (Å²) >= 11 is 0. The maximum absolute atomic E-state index is 12.0. The van der Waals surface area contributed by atoms with E-state index in [1.807, 2.05) is 24.3 Å². The molecule has 39 heavy (non-hydrogen) atoms. The second kappa shape index (κ2) is 13.8. The van der Waals surface area contributed by atoms with Gasteiger partial charge in [0.2, 0.25) is 0 Å². The molecule has 0 fully saturated rings. The summed E-state index contributed by atoms with van der Waals surface area (Å²) < 4.78 is 7.29. The molecule has 3 N–H and O–H groups in total. The maximum Gasteiger partial charge on any atom is 0.339 e. The first-order chi connectivity index (χ1) is 19.1. The summed E-state index contributed by atoms with van der Waals surface area (Å²) in [5.74, 6) is 0.585. The highest BCUT2D eigenvalue weighted by Crippen LogP contribution is 2.35. The summed E-state index contributed by atoms with van der Waals surface area (Å²) in [6.45, 7) is 5.98. The van der Waals surface area contributed by atoms with Crippen LogP contribution in [0.5, 0.6) is 0 Å². The highest BCUT2D eigenvalue weighted by molar-refractivity contribution is 5.95. The molecule has 1 unspecified atom stereocenters. The summed E-state index contributed by atoms with van der Waals surface area (Å²) in [4.78, 5) is 17.3. The Morgan fingerprint density at radius 2 is 1.62 bits per heavy atom. The van der Waals surface area contributed by atoms with Gasteiger partial charge in [0, 0.05) is 35.9 Å². The number of hydrogen-bond acceptors (Lipinski definition) is 5. The quantitative estimate of drug-likeness (QED) is 0.141. The van der Waals surface area contributed by atoms with Crippen LogP contribution in [0.3, 0.4) is 0 Å². The van der Waals surface area contributed by atoms with E-state index in [1.165, 1.54) is 12.8 Å². The number of nitrogen functional groups attached to an aromatic ring is 1. The van der Waals surface area contributed by atoms with Crippen LogP contribution in [0.4, 0.5) is 5.69 Å². The van der Waals surface area contributed by atoms with Crippen LogP contribution in [0, 0.1) is 0 Å². The molecule has 0 spiro atoms. The number of ether oxygens (including phenoxy) is 1. The molecule has 0 radical (unpaired) electrons. The van der Waals surface area contributed by atoms with E-state index in [-0.39, 0.29) is 6.04 Å². The number of nitrogens with zero attached hydrogens (tertiary/aromatic N) is 2. The van der Waals surface area contributed by atoms with Gasteiger partial charge in [-0.25, -0.2) is 9.78 Å². The Morgan fingerprint density at radius 3 is 2.23 bits per heavy atom. The molecular formula is C33H40N4O2. The van der Waals surface area contributed by atoms with Crippen molar-refractivity contribution in [3.63, 3.8) is 0 Å². The predicted octanol–water partition coefficient (Wildman–Crippen LogP) is 7.41. The monoisotopic (exact) mass is 524 g/mol. The number of unbranched alkanes of at least 4 members (excludes halogenated alkanes) is 2. The molecule has 204 valence electrons. The van der Waals surface area contributed by atoms with E-state index in [0.29, 0.717) is 17.8 Å². The second-order valence-electron chi connectivity index (χ2n) is 9.90. The van der Waals surface area contributed by atoms with Crippen molar-refractivity contribution in [2.45, 2.75) is 65.1 Å². The average Bonchev–Trinajstić information content (AvgIpc) is 3.36. The Balaban J connectivity index is 1.78. The Kier molecular flexibility index (Phi) is 9.92. The van der Waals surface area contributed by atoms with Gasteiger partial charge in [-0.1, -0.05) is 99.8 Å². The summed E-state index contributed by atoms with van der Waals surface area (Å²) in [5.41, 5.74) is 12.5. The maximum atomic E-state index is 12.0. The lowest BCUT2D eigenvalue weighted by Crippen LogP contribution is -2.25. The number of anilines is 1. The molecule has 1 heterocycles. The van der Waals surface area contributed by atoms with E-state index in [4.69, 9.17) is 15.5 Å². The van der Waals surface area contributed by atoms with Crippen molar-refractivity contribution in [2.75, 3.05) is 12.8 Å². The molecule has 0 aliphatic carbocycles. The van der Waals surface area contributed by atoms with E-state index in [1.54, 1.807) is 6.07 Å². The number of carbonyl (C=O) groups is 1. The first kappa shape index (κ1) is 28.1. The van der Waals surface area contributed by atoms with Gasteiger partial charge in [-0.2, -0.15) is 0 Å². The van der Waals surface area contributed by atoms with Gasteiger partial charge >= 0.3 is 5.97 Å². The van der Waals surface area contributed by atoms with Crippen LogP contribution in [0.2, 0.25) is 0 Å². The molecule has 6 nitrogen and oxygen atoms in total. The van der Waals surface area contributed by atoms with Crippen molar-refractivity contribution in [1.82, 2.24) is 14.9 Å². The number of rotatable bonds is 13. The van der Waals surface area contributed by atoms with Crippen molar-refractivity contribution >= 4 is 11.7 Å². The third kappa shape index (κ3) is 6.76. The van der Waals surface area contributed by atoms with Gasteiger partial charge in [0.1, 0.15) is 5.82 Å². The Labute approximate surface area is 232 Å². The molecule has 6 heteroatoms. The second-order valence-corrected chi connectivity index (χ2v) is 9.90. The van der Waals surface area contributed by atoms with Crippen LogP contribution >= 0.6 is 0 Å². The zero-order valence-corrected chi connectivity index (χ0v) is 23.3. The molecule has 0 saturated carbocycles. The van der Waals surface area contributed by atoms with E-state index in [2.05, 4.69) is 72.3 Å². The number of hydrogen-bond donors (Lipinski definition) is 2. The zero-order valence-electron chi connectivity index (χ0n) is 23.3. The molecule has 0 saturated heterocycles. The molecule has 0 aliphatic rings. The number of nitrogens with two attached hydrogens (primary N) is 1. The van der Waals surface area contributed by atoms with E-state index >= 15 is 0 Å². The lowest BCUT2D eigenvalue weighted by atomic mass is 10.00. The Morgan fingerprint density at radius 1 is 0.949 bits per heavy atom. The minimum absolute atomic E-state index is 0.0866.